The minimum atomic E-state index is -1.81. The molecule has 12 atom stereocenters. The normalized spacial score (nSPS) is 23.3. The van der Waals surface area contributed by atoms with Gasteiger partial charge in [-0.1, -0.05) is 57.5 Å². The standard InChI is InChI=1S/C59H82N14O17S/c1-5-29(2)37-23-62-48(81)24-64-53(85)40-21-36-35-19-33(66-46(79)12-9-16-61-51(83)31(4)65-54(86)39(67-47(80)15-17-74)18-32-10-7-6-8-11-32)13-14-38(35)71-58(36)91-28-42(68-49(82)25-63-52(37)84)55(87)70-41(22-45(60)78)59(90)73-26-34(76)20-43(73)56(88)72-50(57(89)69-40)30(3)44(77)27-75/h6-8,10-11,13-14,19,29-31,34,37,39-44,50,71,74-77H,5,9,12,15-18,20-28H2,1-4H3,(H2,60,78)(H,61,83)(H,62,81)(H,63,84)(H,64,85)(H,65,86)(H,66,79)(H,67,80)(H,68,82)(H,69,89)(H,70,87)(H,72,88)/t29-,30?,31+,34+,37-,39+,40+,41-,42-,43-,44?,50-/m0/s1. The molecular weight excluding hydrogens is 1210 g/mol. The first-order chi connectivity index (χ1) is 43.3. The van der Waals surface area contributed by atoms with Crippen molar-refractivity contribution in [1.82, 2.24) is 63.1 Å². The number of thioether (sulfide) groups is 1. The zero-order chi connectivity index (χ0) is 66.6. The predicted molar refractivity (Wildman–Crippen MR) is 327 cm³/mol. The van der Waals surface area contributed by atoms with Gasteiger partial charge >= 0.3 is 0 Å². The van der Waals surface area contributed by atoms with E-state index in [0.29, 0.717) is 17.3 Å². The van der Waals surface area contributed by atoms with Gasteiger partial charge in [-0.2, -0.15) is 0 Å². The Morgan fingerprint density at radius 2 is 1.49 bits per heavy atom. The summed E-state index contributed by atoms with van der Waals surface area (Å²) in [5.74, 6) is -14.0. The van der Waals surface area contributed by atoms with Gasteiger partial charge in [0.15, 0.2) is 0 Å². The molecule has 0 saturated carbocycles. The molecule has 2 bridgehead atoms. The summed E-state index contributed by atoms with van der Waals surface area (Å²) < 4.78 is 0. The molecule has 18 N–H and O–H groups in total. The van der Waals surface area contributed by atoms with Gasteiger partial charge in [-0.15, -0.1) is 11.8 Å². The van der Waals surface area contributed by atoms with Crippen LogP contribution in [0.2, 0.25) is 0 Å². The molecular formula is C59H82N14O17S. The third kappa shape index (κ3) is 20.4. The van der Waals surface area contributed by atoms with Crippen LogP contribution >= 0.6 is 11.8 Å². The Labute approximate surface area is 527 Å². The molecule has 3 aliphatic heterocycles. The number of amides is 13. The highest BCUT2D eigenvalue weighted by Crippen LogP contribution is 2.34. The van der Waals surface area contributed by atoms with Gasteiger partial charge in [0, 0.05) is 80.0 Å². The van der Waals surface area contributed by atoms with Gasteiger partial charge in [0.05, 0.1) is 55.9 Å². The SMILES string of the molecule is CC[C@H](C)[C@@H]1CNC(=O)CNC(=O)[C@H]2Cc3c([nH]c4ccc(NC(=O)CCCNC(=O)[C@@H](C)NC(=O)[C@@H](Cc5ccccc5)NC(=O)CCO)cc34)SC[C@H](NC(=O)CNC1=O)C(=O)N[C@@H](CC(N)=O)C(=O)N1C[C@H](O)C[C@H]1C(=O)N[C@@H](C(C)C(O)CO)C(=O)N2. The monoisotopic (exact) mass is 1290 g/mol. The van der Waals surface area contributed by atoms with Crippen LogP contribution in [0.15, 0.2) is 53.6 Å². The number of aromatic amines is 1. The quantitative estimate of drug-likeness (QED) is 0.0471. The first kappa shape index (κ1) is 71.4. The number of primary amides is 1. The highest BCUT2D eigenvalue weighted by Gasteiger charge is 2.45. The van der Waals surface area contributed by atoms with E-state index in [1.54, 1.807) is 50.2 Å². The predicted octanol–water partition coefficient (Wildman–Crippen LogP) is -4.94. The molecule has 13 amide bonds. The molecule has 32 heteroatoms. The van der Waals surface area contributed by atoms with Gasteiger partial charge in [-0.25, -0.2) is 0 Å². The molecule has 496 valence electrons. The van der Waals surface area contributed by atoms with Gasteiger partial charge in [-0.3, -0.25) is 62.3 Å². The second-order valence-corrected chi connectivity index (χ2v) is 23.8. The van der Waals surface area contributed by atoms with Crippen LogP contribution in [0.4, 0.5) is 5.69 Å². The van der Waals surface area contributed by atoms with Crippen LogP contribution in [-0.2, 0) is 75.2 Å². The van der Waals surface area contributed by atoms with Crippen LogP contribution in [0.5, 0.6) is 0 Å². The number of hydrogen-bond acceptors (Lipinski definition) is 18. The molecule has 2 aromatic carbocycles. The second-order valence-electron chi connectivity index (χ2n) is 22.8. The summed E-state index contributed by atoms with van der Waals surface area (Å²) in [6.45, 7) is 2.80. The number of benzene rings is 2. The van der Waals surface area contributed by atoms with E-state index in [0.717, 1.165) is 22.2 Å². The van der Waals surface area contributed by atoms with Crippen molar-refractivity contribution in [3.05, 3.63) is 59.7 Å². The summed E-state index contributed by atoms with van der Waals surface area (Å²) >= 11 is 0.904. The fourth-order valence-corrected chi connectivity index (χ4v) is 11.6. The van der Waals surface area contributed by atoms with Crippen molar-refractivity contribution in [3.63, 3.8) is 0 Å². The smallest absolute Gasteiger partial charge is 0.246 e. The first-order valence-corrected chi connectivity index (χ1v) is 31.0. The van der Waals surface area contributed by atoms with Gasteiger partial charge in [0.2, 0.25) is 76.8 Å². The van der Waals surface area contributed by atoms with Crippen molar-refractivity contribution < 1.29 is 82.8 Å². The number of nitrogens with one attached hydrogen (secondary N) is 12. The fourth-order valence-electron chi connectivity index (χ4n) is 10.5. The minimum absolute atomic E-state index is 0.00915. The number of carbonyl (C=O) groups excluding carboxylic acids is 13. The van der Waals surface area contributed by atoms with E-state index in [1.165, 1.54) is 26.0 Å². The maximum atomic E-state index is 14.8. The average molecular weight is 1290 g/mol. The number of aromatic nitrogens is 1. The summed E-state index contributed by atoms with van der Waals surface area (Å²) in [7, 11) is 0. The fraction of sp³-hybridized carbons (Fsp3) is 0.542. The number of nitrogens with zero attached hydrogens (tertiary/aromatic N) is 1. The Morgan fingerprint density at radius 1 is 0.780 bits per heavy atom. The molecule has 1 saturated heterocycles. The topological polar surface area (TPSA) is 480 Å². The number of nitrogens with two attached hydrogens (primary N) is 1. The largest absolute Gasteiger partial charge is 0.396 e. The summed E-state index contributed by atoms with van der Waals surface area (Å²) in [5.41, 5.74) is 7.13. The van der Waals surface area contributed by atoms with Crippen LogP contribution in [0.25, 0.3) is 10.9 Å². The van der Waals surface area contributed by atoms with E-state index >= 15 is 0 Å². The molecule has 6 rings (SSSR count). The van der Waals surface area contributed by atoms with E-state index < -0.39 is 201 Å². The third-order valence-electron chi connectivity index (χ3n) is 16.0. The molecule has 0 aliphatic carbocycles. The Morgan fingerprint density at radius 3 is 2.19 bits per heavy atom. The van der Waals surface area contributed by atoms with Gasteiger partial charge < -0.3 is 94.5 Å². The van der Waals surface area contributed by atoms with Crippen molar-refractivity contribution in [2.75, 3.05) is 57.0 Å². The van der Waals surface area contributed by atoms with Crippen molar-refractivity contribution >= 4 is 105 Å². The Bertz CT molecular complexity index is 3170. The molecule has 1 fully saturated rings. The molecule has 31 nitrogen and oxygen atoms in total. The number of aliphatic hydroxyl groups is 4. The van der Waals surface area contributed by atoms with E-state index in [-0.39, 0.29) is 61.0 Å². The van der Waals surface area contributed by atoms with Gasteiger partial charge in [0.1, 0.15) is 42.3 Å². The summed E-state index contributed by atoms with van der Waals surface area (Å²) in [5, 5.41) is 70.2. The number of aliphatic hydroxyl groups excluding tert-OH is 4. The number of hydrogen-bond donors (Lipinski definition) is 17. The first-order valence-electron chi connectivity index (χ1n) is 30.0. The molecule has 2 unspecified atom stereocenters. The highest BCUT2D eigenvalue weighted by atomic mass is 32.2. The molecule has 3 aromatic rings. The number of anilines is 1. The van der Waals surface area contributed by atoms with E-state index in [4.69, 9.17) is 5.73 Å². The average Bonchev–Trinajstić information content (AvgIpc) is 1.79. The van der Waals surface area contributed by atoms with Crippen molar-refractivity contribution in [3.8, 4) is 0 Å². The summed E-state index contributed by atoms with van der Waals surface area (Å²) in [6.07, 6.45) is -4.46. The maximum absolute atomic E-state index is 14.8. The zero-order valence-electron chi connectivity index (χ0n) is 50.9. The van der Waals surface area contributed by atoms with E-state index in [2.05, 4.69) is 63.5 Å². The van der Waals surface area contributed by atoms with Crippen molar-refractivity contribution in [2.24, 2.45) is 23.5 Å². The number of rotatable bonds is 20. The lowest BCUT2D eigenvalue weighted by Gasteiger charge is -2.32. The van der Waals surface area contributed by atoms with Crippen LogP contribution in [0.1, 0.15) is 77.3 Å². The lowest BCUT2D eigenvalue weighted by Crippen LogP contribution is -2.61. The van der Waals surface area contributed by atoms with Gasteiger partial charge in [0.25, 0.3) is 0 Å². The second kappa shape index (κ2) is 33.9. The minimum Gasteiger partial charge on any atom is -0.396 e. The highest BCUT2D eigenvalue weighted by molar-refractivity contribution is 7.99. The van der Waals surface area contributed by atoms with Crippen LogP contribution in [0.3, 0.4) is 0 Å². The molecule has 3 aliphatic rings. The molecule has 1 aromatic heterocycles. The van der Waals surface area contributed by atoms with Crippen LogP contribution in [-0.4, -0.2) is 213 Å². The maximum Gasteiger partial charge on any atom is 0.246 e. The van der Waals surface area contributed by atoms with E-state index in [9.17, 15) is 82.8 Å². The lowest BCUT2D eigenvalue weighted by molar-refractivity contribution is -0.144. The van der Waals surface area contributed by atoms with E-state index in [1.807, 2.05) is 0 Å². The lowest BCUT2D eigenvalue weighted by atomic mass is 9.90. The van der Waals surface area contributed by atoms with Crippen molar-refractivity contribution in [1.29, 1.82) is 0 Å². The van der Waals surface area contributed by atoms with Crippen molar-refractivity contribution in [2.45, 2.75) is 139 Å². The summed E-state index contributed by atoms with van der Waals surface area (Å²) in [4.78, 5) is 183. The zero-order valence-corrected chi connectivity index (χ0v) is 51.7. The molecule has 0 spiro atoms. The Hall–Kier alpha value is -8.72. The molecule has 0 radical (unpaired) electrons. The summed E-state index contributed by atoms with van der Waals surface area (Å²) in [6, 6.07) is 2.86. The number of fused-ring (bicyclic) bond motifs is 5. The number of carbonyl (C=O) groups is 13. The number of H-pyrrole nitrogens is 1. The Balaban J connectivity index is 1.34. The molecule has 91 heavy (non-hydrogen) atoms. The van der Waals surface area contributed by atoms with Crippen LogP contribution < -0.4 is 64.2 Å². The molecule has 4 heterocycles. The Kier molecular flexibility index (Phi) is 26.6. The van der Waals surface area contributed by atoms with Gasteiger partial charge in [-0.05, 0) is 48.6 Å². The third-order valence-corrected chi connectivity index (χ3v) is 17.1. The van der Waals surface area contributed by atoms with Crippen LogP contribution in [0, 0.1) is 17.8 Å².